The van der Waals surface area contributed by atoms with E-state index < -0.39 is 12.2 Å². The van der Waals surface area contributed by atoms with E-state index in [1.165, 1.54) is 6.07 Å². The number of halogens is 2. The maximum absolute atomic E-state index is 12.8. The molecule has 0 aliphatic carbocycles. The van der Waals surface area contributed by atoms with Crippen LogP contribution in [0.15, 0.2) is 55.0 Å². The standard InChI is InChI=1S/C27H29F2N7O3/c1-27(2,3)39-26(37)35-12-10-34(11-13-35)25-30-15-20(16-31-25)19-8-9-22-32-33-23(36(22)17-19)14-18-6-4-5-7-21(18)38-24(28)29/h4-9,15-17,24H,10-14H2,1-3H3. The fraction of sp³-hybridized carbons (Fsp3) is 0.370. The third kappa shape index (κ3) is 6.21. The van der Waals surface area contributed by atoms with E-state index in [4.69, 9.17) is 4.74 Å². The molecule has 3 aromatic heterocycles. The van der Waals surface area contributed by atoms with Crippen molar-refractivity contribution in [3.05, 3.63) is 66.4 Å². The Labute approximate surface area is 224 Å². The van der Waals surface area contributed by atoms with Crippen molar-refractivity contribution >= 4 is 17.7 Å². The third-order valence-electron chi connectivity index (χ3n) is 6.20. The van der Waals surface area contributed by atoms with E-state index in [2.05, 4.69) is 24.9 Å². The Bertz CT molecular complexity index is 1450. The minimum absolute atomic E-state index is 0.108. The lowest BCUT2D eigenvalue weighted by molar-refractivity contribution is -0.0504. The molecule has 10 nitrogen and oxygen atoms in total. The number of carbonyl (C=O) groups excluding carboxylic acids is 1. The fourth-order valence-corrected chi connectivity index (χ4v) is 4.31. The zero-order chi connectivity index (χ0) is 27.6. The normalized spacial score (nSPS) is 14.2. The highest BCUT2D eigenvalue weighted by Crippen LogP contribution is 2.25. The highest BCUT2D eigenvalue weighted by Gasteiger charge is 2.26. The second-order valence-electron chi connectivity index (χ2n) is 10.2. The number of para-hydroxylation sites is 1. The van der Waals surface area contributed by atoms with E-state index >= 15 is 0 Å². The van der Waals surface area contributed by atoms with Crippen molar-refractivity contribution < 1.29 is 23.0 Å². The van der Waals surface area contributed by atoms with Crippen LogP contribution in [0, 0.1) is 0 Å². The highest BCUT2D eigenvalue weighted by molar-refractivity contribution is 5.68. The first-order valence-electron chi connectivity index (χ1n) is 12.6. The summed E-state index contributed by atoms with van der Waals surface area (Å²) < 4.78 is 37.6. The van der Waals surface area contributed by atoms with Gasteiger partial charge in [0.2, 0.25) is 5.95 Å². The second-order valence-corrected chi connectivity index (χ2v) is 10.2. The summed E-state index contributed by atoms with van der Waals surface area (Å²) in [5.74, 6) is 1.28. The van der Waals surface area contributed by atoms with Gasteiger partial charge in [0, 0.05) is 67.9 Å². The Morgan fingerprint density at radius 3 is 2.38 bits per heavy atom. The minimum atomic E-state index is -2.91. The molecule has 0 bridgehead atoms. The van der Waals surface area contributed by atoms with Gasteiger partial charge >= 0.3 is 12.7 Å². The zero-order valence-electron chi connectivity index (χ0n) is 21.9. The summed E-state index contributed by atoms with van der Waals surface area (Å²) in [6, 6.07) is 10.4. The van der Waals surface area contributed by atoms with Gasteiger partial charge in [0.25, 0.3) is 0 Å². The number of anilines is 1. The molecule has 1 aliphatic heterocycles. The predicted molar refractivity (Wildman–Crippen MR) is 140 cm³/mol. The first kappa shape index (κ1) is 26.3. The van der Waals surface area contributed by atoms with Crippen LogP contribution in [-0.4, -0.2) is 74.0 Å². The third-order valence-corrected chi connectivity index (χ3v) is 6.20. The molecule has 5 rings (SSSR count). The average Bonchev–Trinajstić information content (AvgIpc) is 3.30. The maximum atomic E-state index is 12.8. The minimum Gasteiger partial charge on any atom is -0.444 e. The van der Waals surface area contributed by atoms with E-state index in [1.807, 2.05) is 48.4 Å². The highest BCUT2D eigenvalue weighted by atomic mass is 19.3. The monoisotopic (exact) mass is 537 g/mol. The smallest absolute Gasteiger partial charge is 0.410 e. The number of carbonyl (C=O) groups is 1. The molecule has 1 aliphatic rings. The number of alkyl halides is 2. The SMILES string of the molecule is CC(C)(C)OC(=O)N1CCN(c2ncc(-c3ccc4nnc(Cc5ccccc5OC(F)F)n4c3)cn2)CC1. The molecule has 1 saturated heterocycles. The van der Waals surface area contributed by atoms with Crippen molar-refractivity contribution in [2.24, 2.45) is 0 Å². The number of nitrogens with zero attached hydrogens (tertiary/aromatic N) is 7. The summed E-state index contributed by atoms with van der Waals surface area (Å²) in [4.78, 5) is 25.2. The number of amides is 1. The van der Waals surface area contributed by atoms with Gasteiger partial charge in [-0.2, -0.15) is 8.78 Å². The quantitative estimate of drug-likeness (QED) is 0.356. The molecule has 0 spiro atoms. The molecule has 0 N–H and O–H groups in total. The maximum Gasteiger partial charge on any atom is 0.410 e. The van der Waals surface area contributed by atoms with Crippen LogP contribution in [0.25, 0.3) is 16.8 Å². The van der Waals surface area contributed by atoms with E-state index in [0.717, 1.165) is 11.1 Å². The summed E-state index contributed by atoms with van der Waals surface area (Å²) in [7, 11) is 0. The molecule has 4 heterocycles. The van der Waals surface area contributed by atoms with Gasteiger partial charge in [-0.05, 0) is 39.0 Å². The molecule has 4 aromatic rings. The lowest BCUT2D eigenvalue weighted by atomic mass is 10.1. The molecule has 12 heteroatoms. The van der Waals surface area contributed by atoms with Crippen molar-refractivity contribution in [2.75, 3.05) is 31.1 Å². The first-order valence-corrected chi connectivity index (χ1v) is 12.6. The number of fused-ring (bicyclic) bond motifs is 1. The number of aromatic nitrogens is 5. The van der Waals surface area contributed by atoms with Gasteiger partial charge in [0.05, 0.1) is 0 Å². The number of rotatable bonds is 6. The number of piperazine rings is 1. The molecular weight excluding hydrogens is 508 g/mol. The Morgan fingerprint density at radius 1 is 0.974 bits per heavy atom. The van der Waals surface area contributed by atoms with Crippen molar-refractivity contribution in [3.8, 4) is 16.9 Å². The Hall–Kier alpha value is -4.35. The summed E-state index contributed by atoms with van der Waals surface area (Å²) in [5, 5.41) is 8.46. The molecule has 0 unspecified atom stereocenters. The fourth-order valence-electron chi connectivity index (χ4n) is 4.31. The van der Waals surface area contributed by atoms with Crippen LogP contribution in [0.5, 0.6) is 5.75 Å². The molecule has 1 amide bonds. The van der Waals surface area contributed by atoms with Crippen LogP contribution in [0.4, 0.5) is 19.5 Å². The van der Waals surface area contributed by atoms with E-state index in [1.54, 1.807) is 35.5 Å². The van der Waals surface area contributed by atoms with Crippen LogP contribution < -0.4 is 9.64 Å². The lowest BCUT2D eigenvalue weighted by Crippen LogP contribution is -2.50. The van der Waals surface area contributed by atoms with Gasteiger partial charge in [-0.3, -0.25) is 4.40 Å². The summed E-state index contributed by atoms with van der Waals surface area (Å²) in [6.07, 6.45) is 5.32. The van der Waals surface area contributed by atoms with Crippen molar-refractivity contribution in [3.63, 3.8) is 0 Å². The molecule has 0 atom stereocenters. The number of ether oxygens (including phenoxy) is 2. The largest absolute Gasteiger partial charge is 0.444 e. The molecule has 1 fully saturated rings. The van der Waals surface area contributed by atoms with Gasteiger partial charge in [-0.25, -0.2) is 14.8 Å². The predicted octanol–water partition coefficient (Wildman–Crippen LogP) is 4.44. The molecular formula is C27H29F2N7O3. The van der Waals surface area contributed by atoms with Crippen LogP contribution in [0.3, 0.4) is 0 Å². The van der Waals surface area contributed by atoms with Crippen LogP contribution >= 0.6 is 0 Å². The second kappa shape index (κ2) is 10.8. The Kier molecular flexibility index (Phi) is 7.27. The molecule has 204 valence electrons. The number of pyridine rings is 1. The van der Waals surface area contributed by atoms with Crippen LogP contribution in [0.2, 0.25) is 0 Å². The molecule has 0 saturated carbocycles. The van der Waals surface area contributed by atoms with Crippen molar-refractivity contribution in [2.45, 2.75) is 39.4 Å². The van der Waals surface area contributed by atoms with E-state index in [-0.39, 0.29) is 18.3 Å². The lowest BCUT2D eigenvalue weighted by Gasteiger charge is -2.35. The number of benzene rings is 1. The summed E-state index contributed by atoms with van der Waals surface area (Å²) >= 11 is 0. The number of hydrogen-bond donors (Lipinski definition) is 0. The summed E-state index contributed by atoms with van der Waals surface area (Å²) in [5.41, 5.74) is 2.33. The van der Waals surface area contributed by atoms with Crippen LogP contribution in [0.1, 0.15) is 32.2 Å². The van der Waals surface area contributed by atoms with Gasteiger partial charge in [-0.1, -0.05) is 18.2 Å². The van der Waals surface area contributed by atoms with Crippen molar-refractivity contribution in [1.82, 2.24) is 29.5 Å². The van der Waals surface area contributed by atoms with Gasteiger partial charge < -0.3 is 19.3 Å². The topological polar surface area (TPSA) is 98.0 Å². The van der Waals surface area contributed by atoms with Gasteiger partial charge in [0.15, 0.2) is 5.65 Å². The Balaban J connectivity index is 1.29. The molecule has 39 heavy (non-hydrogen) atoms. The molecule has 1 aromatic carbocycles. The van der Waals surface area contributed by atoms with E-state index in [0.29, 0.717) is 49.2 Å². The Morgan fingerprint density at radius 2 is 1.69 bits per heavy atom. The van der Waals surface area contributed by atoms with E-state index in [9.17, 15) is 13.6 Å². The molecule has 0 radical (unpaired) electrons. The number of hydrogen-bond acceptors (Lipinski definition) is 8. The average molecular weight is 538 g/mol. The summed E-state index contributed by atoms with van der Waals surface area (Å²) in [6.45, 7) is 4.90. The zero-order valence-corrected chi connectivity index (χ0v) is 21.9. The first-order chi connectivity index (χ1) is 18.7. The van der Waals surface area contributed by atoms with Crippen LogP contribution in [-0.2, 0) is 11.2 Å². The van der Waals surface area contributed by atoms with Gasteiger partial charge in [-0.15, -0.1) is 10.2 Å². The van der Waals surface area contributed by atoms with Gasteiger partial charge in [0.1, 0.15) is 17.2 Å². The van der Waals surface area contributed by atoms with Crippen molar-refractivity contribution in [1.29, 1.82) is 0 Å².